The van der Waals surface area contributed by atoms with Crippen LogP contribution in [0.1, 0.15) is 16.7 Å². The topological polar surface area (TPSA) is 20.2 Å². The molecule has 4 heteroatoms. The highest BCUT2D eigenvalue weighted by molar-refractivity contribution is 7.97. The molecule has 2 aromatic rings. The van der Waals surface area contributed by atoms with Gasteiger partial charge >= 0.3 is 0 Å². The van der Waals surface area contributed by atoms with E-state index in [9.17, 15) is 0 Å². The molecule has 1 N–H and O–H groups in total. The molecule has 0 heterocycles. The van der Waals surface area contributed by atoms with Crippen LogP contribution in [0.25, 0.3) is 0 Å². The quantitative estimate of drug-likeness (QED) is 0.845. The van der Waals surface area contributed by atoms with Gasteiger partial charge in [0.15, 0.2) is 0 Å². The highest BCUT2D eigenvalue weighted by Crippen LogP contribution is 2.26. The van der Waals surface area contributed by atoms with E-state index in [1.165, 1.54) is 5.56 Å². The van der Waals surface area contributed by atoms with Gasteiger partial charge in [0.05, 0.1) is 6.61 Å². The third kappa shape index (κ3) is 4.43. The normalized spacial score (nSPS) is 10.7. The molecule has 19 heavy (non-hydrogen) atoms. The van der Waals surface area contributed by atoms with Crippen molar-refractivity contribution < 1.29 is 5.11 Å². The van der Waals surface area contributed by atoms with Gasteiger partial charge in [-0.2, -0.15) is 11.8 Å². The summed E-state index contributed by atoms with van der Waals surface area (Å²) in [7, 11) is 0. The molecule has 0 aliphatic carbocycles. The second-order valence-electron chi connectivity index (χ2n) is 4.21. The summed E-state index contributed by atoms with van der Waals surface area (Å²) in [4.78, 5) is 0. The lowest BCUT2D eigenvalue weighted by molar-refractivity contribution is 0.282. The summed E-state index contributed by atoms with van der Waals surface area (Å²) in [6.07, 6.45) is 0. The number of aliphatic hydroxyl groups is 1. The summed E-state index contributed by atoms with van der Waals surface area (Å²) in [5.41, 5.74) is 3.25. The summed E-state index contributed by atoms with van der Waals surface area (Å²) >= 11 is 13.8. The number of rotatable bonds is 5. The van der Waals surface area contributed by atoms with Crippen LogP contribution in [0.3, 0.4) is 0 Å². The average molecular weight is 313 g/mol. The van der Waals surface area contributed by atoms with Gasteiger partial charge < -0.3 is 5.11 Å². The Labute approximate surface area is 127 Å². The molecule has 0 aliphatic heterocycles. The first kappa shape index (κ1) is 14.7. The molecular weight excluding hydrogens is 299 g/mol. The Bertz CT molecular complexity index is 558. The van der Waals surface area contributed by atoms with E-state index in [2.05, 4.69) is 6.07 Å². The molecule has 0 aromatic heterocycles. The lowest BCUT2D eigenvalue weighted by Crippen LogP contribution is -1.88. The molecule has 0 bridgehead atoms. The van der Waals surface area contributed by atoms with Gasteiger partial charge in [-0.25, -0.2) is 0 Å². The predicted molar refractivity (Wildman–Crippen MR) is 83.8 cm³/mol. The fourth-order valence-electron chi connectivity index (χ4n) is 1.74. The zero-order valence-corrected chi connectivity index (χ0v) is 12.6. The van der Waals surface area contributed by atoms with Crippen LogP contribution in [0, 0.1) is 0 Å². The molecule has 100 valence electrons. The Kier molecular flexibility index (Phi) is 5.59. The summed E-state index contributed by atoms with van der Waals surface area (Å²) in [5.74, 6) is 1.74. The Morgan fingerprint density at radius 2 is 1.74 bits per heavy atom. The zero-order valence-electron chi connectivity index (χ0n) is 10.3. The minimum Gasteiger partial charge on any atom is -0.392 e. The number of hydrogen-bond donors (Lipinski definition) is 1. The van der Waals surface area contributed by atoms with Crippen molar-refractivity contribution in [3.63, 3.8) is 0 Å². The summed E-state index contributed by atoms with van der Waals surface area (Å²) in [5, 5.41) is 10.5. The van der Waals surface area contributed by atoms with Gasteiger partial charge in [-0.05, 0) is 28.8 Å². The van der Waals surface area contributed by atoms with Crippen molar-refractivity contribution in [2.45, 2.75) is 18.1 Å². The Morgan fingerprint density at radius 3 is 2.47 bits per heavy atom. The van der Waals surface area contributed by atoms with E-state index in [1.807, 2.05) is 30.3 Å². The molecule has 0 saturated carbocycles. The fourth-order valence-corrected chi connectivity index (χ4v) is 3.28. The molecule has 0 saturated heterocycles. The smallest absolute Gasteiger partial charge is 0.0681 e. The van der Waals surface area contributed by atoms with Crippen molar-refractivity contribution in [1.82, 2.24) is 0 Å². The van der Waals surface area contributed by atoms with E-state index >= 15 is 0 Å². The maximum absolute atomic E-state index is 9.09. The van der Waals surface area contributed by atoms with Crippen LogP contribution in [0.5, 0.6) is 0 Å². The standard InChI is InChI=1S/C15H14Cl2OS/c16-14-5-4-13(15(17)7-14)10-19-9-12-3-1-2-11(6-12)8-18/h1-7,18H,8-10H2. The predicted octanol–water partition coefficient (Wildman–Crippen LogP) is 4.92. The largest absolute Gasteiger partial charge is 0.392 e. The summed E-state index contributed by atoms with van der Waals surface area (Å²) in [6, 6.07) is 13.6. The first-order valence-electron chi connectivity index (χ1n) is 5.89. The van der Waals surface area contributed by atoms with Crippen molar-refractivity contribution in [1.29, 1.82) is 0 Å². The summed E-state index contributed by atoms with van der Waals surface area (Å²) in [6.45, 7) is 0.0848. The highest BCUT2D eigenvalue weighted by Gasteiger charge is 2.02. The van der Waals surface area contributed by atoms with Crippen molar-refractivity contribution >= 4 is 35.0 Å². The molecule has 0 spiro atoms. The number of hydrogen-bond acceptors (Lipinski definition) is 2. The molecule has 0 radical (unpaired) electrons. The van der Waals surface area contributed by atoms with Gasteiger partial charge in [0, 0.05) is 21.6 Å². The third-order valence-electron chi connectivity index (χ3n) is 2.72. The third-order valence-corrected chi connectivity index (χ3v) is 4.35. The van der Waals surface area contributed by atoms with Crippen molar-refractivity contribution in [3.05, 3.63) is 69.2 Å². The van der Waals surface area contributed by atoms with Crippen LogP contribution < -0.4 is 0 Å². The number of benzene rings is 2. The molecule has 0 aliphatic rings. The maximum atomic E-state index is 9.09. The van der Waals surface area contributed by atoms with Crippen LogP contribution in [0.2, 0.25) is 10.0 Å². The van der Waals surface area contributed by atoms with Gasteiger partial charge in [0.25, 0.3) is 0 Å². The van der Waals surface area contributed by atoms with Crippen molar-refractivity contribution in [2.24, 2.45) is 0 Å². The van der Waals surface area contributed by atoms with Gasteiger partial charge in [0.1, 0.15) is 0 Å². The molecular formula is C15H14Cl2OS. The molecule has 0 unspecified atom stereocenters. The first-order valence-corrected chi connectivity index (χ1v) is 7.80. The fraction of sp³-hybridized carbons (Fsp3) is 0.200. The number of halogens is 2. The Balaban J connectivity index is 1.92. The van der Waals surface area contributed by atoms with Crippen LogP contribution in [-0.2, 0) is 18.1 Å². The van der Waals surface area contributed by atoms with Crippen LogP contribution in [-0.4, -0.2) is 5.11 Å². The molecule has 0 atom stereocenters. The number of aliphatic hydroxyl groups excluding tert-OH is 1. The first-order chi connectivity index (χ1) is 9.19. The van der Waals surface area contributed by atoms with E-state index < -0.39 is 0 Å². The monoisotopic (exact) mass is 312 g/mol. The minimum atomic E-state index is 0.0848. The molecule has 0 amide bonds. The molecule has 1 nitrogen and oxygen atoms in total. The SMILES string of the molecule is OCc1cccc(CSCc2ccc(Cl)cc2Cl)c1. The number of thioether (sulfide) groups is 1. The van der Waals surface area contributed by atoms with Crippen LogP contribution >= 0.6 is 35.0 Å². The average Bonchev–Trinajstić information content (AvgIpc) is 2.41. The van der Waals surface area contributed by atoms with Gasteiger partial charge in [-0.3, -0.25) is 0 Å². The Morgan fingerprint density at radius 1 is 0.947 bits per heavy atom. The molecule has 2 rings (SSSR count). The second-order valence-corrected chi connectivity index (χ2v) is 6.04. The van der Waals surface area contributed by atoms with Crippen molar-refractivity contribution in [2.75, 3.05) is 0 Å². The molecule has 0 fully saturated rings. The second kappa shape index (κ2) is 7.20. The van der Waals surface area contributed by atoms with Crippen LogP contribution in [0.15, 0.2) is 42.5 Å². The van der Waals surface area contributed by atoms with Crippen LogP contribution in [0.4, 0.5) is 0 Å². The van der Waals surface area contributed by atoms with E-state index in [0.717, 1.165) is 22.6 Å². The summed E-state index contributed by atoms with van der Waals surface area (Å²) < 4.78 is 0. The minimum absolute atomic E-state index is 0.0848. The van der Waals surface area contributed by atoms with Gasteiger partial charge in [-0.1, -0.05) is 53.5 Å². The zero-order chi connectivity index (χ0) is 13.7. The lowest BCUT2D eigenvalue weighted by atomic mass is 10.1. The maximum Gasteiger partial charge on any atom is 0.0681 e. The van der Waals surface area contributed by atoms with E-state index in [1.54, 1.807) is 17.8 Å². The molecule has 2 aromatic carbocycles. The van der Waals surface area contributed by atoms with Crippen molar-refractivity contribution in [3.8, 4) is 0 Å². The van der Waals surface area contributed by atoms with E-state index in [-0.39, 0.29) is 6.61 Å². The van der Waals surface area contributed by atoms with E-state index in [0.29, 0.717) is 10.0 Å². The lowest BCUT2D eigenvalue weighted by Gasteiger charge is -2.06. The Hall–Kier alpha value is -0.670. The van der Waals surface area contributed by atoms with Gasteiger partial charge in [-0.15, -0.1) is 0 Å². The highest BCUT2D eigenvalue weighted by atomic mass is 35.5. The van der Waals surface area contributed by atoms with Gasteiger partial charge in [0.2, 0.25) is 0 Å². The van der Waals surface area contributed by atoms with E-state index in [4.69, 9.17) is 28.3 Å².